The number of benzene rings is 1. The molecule has 6 nitrogen and oxygen atoms in total. The van der Waals surface area contributed by atoms with Crippen LogP contribution in [0.1, 0.15) is 11.5 Å². The Morgan fingerprint density at radius 1 is 1.47 bits per heavy atom. The summed E-state index contributed by atoms with van der Waals surface area (Å²) < 4.78 is 9.96. The normalized spacial score (nSPS) is 10.5. The second-order valence-corrected chi connectivity index (χ2v) is 3.56. The molecule has 17 heavy (non-hydrogen) atoms. The molecular formula is C11H13N3O3. The number of aromatic nitrogens is 2. The van der Waals surface area contributed by atoms with Gasteiger partial charge in [0.2, 0.25) is 11.7 Å². The highest BCUT2D eigenvalue weighted by molar-refractivity contribution is 5.63. The van der Waals surface area contributed by atoms with Crippen molar-refractivity contribution in [3.05, 3.63) is 23.6 Å². The van der Waals surface area contributed by atoms with Gasteiger partial charge < -0.3 is 20.1 Å². The highest BCUT2D eigenvalue weighted by Crippen LogP contribution is 2.33. The molecule has 1 aromatic carbocycles. The molecule has 0 amide bonds. The first-order chi connectivity index (χ1) is 8.15. The molecule has 0 atom stereocenters. The van der Waals surface area contributed by atoms with Gasteiger partial charge in [-0.25, -0.2) is 0 Å². The molecule has 1 heterocycles. The van der Waals surface area contributed by atoms with Crippen molar-refractivity contribution in [3.8, 4) is 22.9 Å². The van der Waals surface area contributed by atoms with Crippen molar-refractivity contribution in [2.24, 2.45) is 5.73 Å². The van der Waals surface area contributed by atoms with Gasteiger partial charge >= 0.3 is 0 Å². The number of aryl methyl sites for hydroxylation is 1. The lowest BCUT2D eigenvalue weighted by atomic mass is 10.1. The Morgan fingerprint density at radius 2 is 2.24 bits per heavy atom. The van der Waals surface area contributed by atoms with Gasteiger partial charge in [0, 0.05) is 5.56 Å². The minimum atomic E-state index is 0.0431. The van der Waals surface area contributed by atoms with Gasteiger partial charge in [0.05, 0.1) is 13.7 Å². The van der Waals surface area contributed by atoms with E-state index in [1.54, 1.807) is 0 Å². The maximum Gasteiger partial charge on any atom is 0.240 e. The van der Waals surface area contributed by atoms with E-state index < -0.39 is 0 Å². The van der Waals surface area contributed by atoms with E-state index >= 15 is 0 Å². The Hall–Kier alpha value is -2.08. The zero-order valence-corrected chi connectivity index (χ0v) is 9.60. The molecule has 0 aliphatic heterocycles. The number of hydrogen-bond acceptors (Lipinski definition) is 6. The summed E-state index contributed by atoms with van der Waals surface area (Å²) in [6.45, 7) is 2.01. The van der Waals surface area contributed by atoms with Crippen molar-refractivity contribution in [1.29, 1.82) is 0 Å². The predicted molar refractivity (Wildman–Crippen MR) is 60.6 cm³/mol. The molecule has 2 aromatic rings. The number of hydrogen-bond donors (Lipinski definition) is 2. The van der Waals surface area contributed by atoms with Crippen molar-refractivity contribution < 1.29 is 14.4 Å². The number of phenols is 1. The Kier molecular flexibility index (Phi) is 2.97. The highest BCUT2D eigenvalue weighted by atomic mass is 16.5. The van der Waals surface area contributed by atoms with Crippen molar-refractivity contribution in [1.82, 2.24) is 10.1 Å². The highest BCUT2D eigenvalue weighted by Gasteiger charge is 2.13. The molecule has 0 aliphatic rings. The van der Waals surface area contributed by atoms with Crippen LogP contribution in [0.25, 0.3) is 11.4 Å². The average Bonchev–Trinajstić information content (AvgIpc) is 2.77. The Bertz CT molecular complexity index is 514. The third-order valence-corrected chi connectivity index (χ3v) is 2.36. The first-order valence-corrected chi connectivity index (χ1v) is 5.06. The zero-order valence-electron chi connectivity index (χ0n) is 9.60. The van der Waals surface area contributed by atoms with E-state index in [2.05, 4.69) is 10.1 Å². The van der Waals surface area contributed by atoms with Gasteiger partial charge in [0.25, 0.3) is 0 Å². The average molecular weight is 235 g/mol. The molecule has 0 fully saturated rings. The van der Waals surface area contributed by atoms with E-state index in [1.165, 1.54) is 13.2 Å². The molecule has 0 spiro atoms. The van der Waals surface area contributed by atoms with Crippen molar-refractivity contribution in [3.63, 3.8) is 0 Å². The van der Waals surface area contributed by atoms with Crippen molar-refractivity contribution >= 4 is 0 Å². The fraction of sp³-hybridized carbons (Fsp3) is 0.273. The Labute approximate surface area is 98.0 Å². The van der Waals surface area contributed by atoms with Crippen LogP contribution in [-0.4, -0.2) is 22.4 Å². The number of nitrogens with zero attached hydrogens (tertiary/aromatic N) is 2. The molecule has 0 saturated heterocycles. The molecule has 3 N–H and O–H groups in total. The van der Waals surface area contributed by atoms with Gasteiger partial charge in [-0.1, -0.05) is 5.16 Å². The van der Waals surface area contributed by atoms with Crippen LogP contribution < -0.4 is 10.5 Å². The standard InChI is InChI=1S/C11H13N3O3/c1-6-3-7(4-8(15)10(6)16-2)11-13-9(5-12)17-14-11/h3-4,15H,5,12H2,1-2H3. The third kappa shape index (κ3) is 2.07. The number of phenolic OH excluding ortho intramolecular Hbond substituents is 1. The smallest absolute Gasteiger partial charge is 0.240 e. The molecular weight excluding hydrogens is 222 g/mol. The first-order valence-electron chi connectivity index (χ1n) is 5.06. The minimum absolute atomic E-state index is 0.0431. The van der Waals surface area contributed by atoms with E-state index in [-0.39, 0.29) is 12.3 Å². The van der Waals surface area contributed by atoms with Crippen LogP contribution in [0.3, 0.4) is 0 Å². The van der Waals surface area contributed by atoms with Gasteiger partial charge in [-0.05, 0) is 24.6 Å². The molecule has 0 saturated carbocycles. The van der Waals surface area contributed by atoms with Gasteiger partial charge in [-0.2, -0.15) is 4.98 Å². The monoisotopic (exact) mass is 235 g/mol. The van der Waals surface area contributed by atoms with Crippen LogP contribution >= 0.6 is 0 Å². The van der Waals surface area contributed by atoms with Crippen molar-refractivity contribution in [2.75, 3.05) is 7.11 Å². The first kappa shape index (κ1) is 11.4. The van der Waals surface area contributed by atoms with E-state index in [0.29, 0.717) is 23.0 Å². The third-order valence-electron chi connectivity index (χ3n) is 2.36. The van der Waals surface area contributed by atoms with Crippen molar-refractivity contribution in [2.45, 2.75) is 13.5 Å². The van der Waals surface area contributed by atoms with E-state index in [0.717, 1.165) is 5.56 Å². The van der Waals surface area contributed by atoms with Crippen LogP contribution in [-0.2, 0) is 6.54 Å². The van der Waals surface area contributed by atoms with Crippen LogP contribution in [0.4, 0.5) is 0 Å². The van der Waals surface area contributed by atoms with Crippen LogP contribution in [0.5, 0.6) is 11.5 Å². The van der Waals surface area contributed by atoms with Gasteiger partial charge in [0.1, 0.15) is 0 Å². The number of methoxy groups -OCH3 is 1. The topological polar surface area (TPSA) is 94.4 Å². The fourth-order valence-corrected chi connectivity index (χ4v) is 1.61. The molecule has 0 aliphatic carbocycles. The summed E-state index contributed by atoms with van der Waals surface area (Å²) in [5, 5.41) is 13.5. The van der Waals surface area contributed by atoms with E-state index in [9.17, 15) is 5.11 Å². The van der Waals surface area contributed by atoms with E-state index in [1.807, 2.05) is 13.0 Å². The quantitative estimate of drug-likeness (QED) is 0.830. The molecule has 0 unspecified atom stereocenters. The molecule has 0 radical (unpaired) electrons. The molecule has 90 valence electrons. The minimum Gasteiger partial charge on any atom is -0.504 e. The maximum atomic E-state index is 9.76. The van der Waals surface area contributed by atoms with E-state index in [4.69, 9.17) is 15.0 Å². The summed E-state index contributed by atoms with van der Waals surface area (Å²) >= 11 is 0. The second-order valence-electron chi connectivity index (χ2n) is 3.56. The summed E-state index contributed by atoms with van der Waals surface area (Å²) in [4.78, 5) is 4.08. The molecule has 2 rings (SSSR count). The summed E-state index contributed by atoms with van der Waals surface area (Å²) in [5.74, 6) is 1.23. The summed E-state index contributed by atoms with van der Waals surface area (Å²) in [7, 11) is 1.50. The molecule has 0 bridgehead atoms. The zero-order chi connectivity index (χ0) is 12.4. The predicted octanol–water partition coefficient (Wildman–Crippen LogP) is 1.22. The van der Waals surface area contributed by atoms with Crippen LogP contribution in [0, 0.1) is 6.92 Å². The summed E-state index contributed by atoms with van der Waals surface area (Å²) in [5.41, 5.74) is 6.83. The number of aromatic hydroxyl groups is 1. The fourth-order valence-electron chi connectivity index (χ4n) is 1.61. The summed E-state index contributed by atoms with van der Waals surface area (Å²) in [6, 6.07) is 3.33. The van der Waals surface area contributed by atoms with Gasteiger partial charge in [-0.15, -0.1) is 0 Å². The molecule has 1 aromatic heterocycles. The molecule has 6 heteroatoms. The summed E-state index contributed by atoms with van der Waals surface area (Å²) in [6.07, 6.45) is 0. The lowest BCUT2D eigenvalue weighted by molar-refractivity contribution is 0.371. The second kappa shape index (κ2) is 4.42. The van der Waals surface area contributed by atoms with Gasteiger partial charge in [-0.3, -0.25) is 0 Å². The van der Waals surface area contributed by atoms with Gasteiger partial charge in [0.15, 0.2) is 11.5 Å². The lowest BCUT2D eigenvalue weighted by Gasteiger charge is -2.07. The Morgan fingerprint density at radius 3 is 2.76 bits per heavy atom. The number of nitrogens with two attached hydrogens (primary N) is 1. The Balaban J connectivity index is 2.46. The SMILES string of the molecule is COc1c(C)cc(-c2noc(CN)n2)cc1O. The number of rotatable bonds is 3. The largest absolute Gasteiger partial charge is 0.504 e. The van der Waals surface area contributed by atoms with Crippen LogP contribution in [0.15, 0.2) is 16.7 Å². The van der Waals surface area contributed by atoms with Crippen LogP contribution in [0.2, 0.25) is 0 Å². The lowest BCUT2D eigenvalue weighted by Crippen LogP contribution is -1.95. The number of ether oxygens (including phenoxy) is 1. The maximum absolute atomic E-state index is 9.76.